The molecular formula is C21H17BrN4O2S. The molecular weight excluding hydrogens is 452 g/mol. The summed E-state index contributed by atoms with van der Waals surface area (Å²) >= 11 is 3.36. The van der Waals surface area contributed by atoms with Gasteiger partial charge in [-0.05, 0) is 64.7 Å². The lowest BCUT2D eigenvalue weighted by molar-refractivity contribution is 0.588. The van der Waals surface area contributed by atoms with Crippen molar-refractivity contribution in [1.29, 1.82) is 0 Å². The van der Waals surface area contributed by atoms with E-state index in [0.717, 1.165) is 35.3 Å². The second-order valence-electron chi connectivity index (χ2n) is 7.07. The van der Waals surface area contributed by atoms with E-state index < -0.39 is 10.0 Å². The number of halogens is 1. The number of aryl methyl sites for hydroxylation is 1. The molecule has 0 saturated carbocycles. The third-order valence-electron chi connectivity index (χ3n) is 5.14. The number of hydrogen-bond acceptors (Lipinski definition) is 5. The first-order valence-corrected chi connectivity index (χ1v) is 11.4. The molecule has 29 heavy (non-hydrogen) atoms. The maximum absolute atomic E-state index is 13.3. The predicted molar refractivity (Wildman–Crippen MR) is 117 cm³/mol. The SMILES string of the molecule is Cc1ccc(S(=O)(=O)n2cc(-c3ccc4c(c3)CCN4)c3nc(Br)cnc32)cc1. The van der Waals surface area contributed by atoms with Gasteiger partial charge >= 0.3 is 0 Å². The van der Waals surface area contributed by atoms with Crippen LogP contribution in [-0.2, 0) is 16.4 Å². The Morgan fingerprint density at radius 1 is 1.14 bits per heavy atom. The Kier molecular flexibility index (Phi) is 4.22. The lowest BCUT2D eigenvalue weighted by Crippen LogP contribution is -2.12. The highest BCUT2D eigenvalue weighted by atomic mass is 79.9. The first-order valence-electron chi connectivity index (χ1n) is 9.16. The highest BCUT2D eigenvalue weighted by Gasteiger charge is 2.24. The fraction of sp³-hybridized carbons (Fsp3) is 0.143. The zero-order valence-corrected chi connectivity index (χ0v) is 18.0. The summed E-state index contributed by atoms with van der Waals surface area (Å²) in [6.45, 7) is 2.83. The second-order valence-corrected chi connectivity index (χ2v) is 9.70. The van der Waals surface area contributed by atoms with E-state index in [1.165, 1.54) is 15.7 Å². The van der Waals surface area contributed by atoms with Gasteiger partial charge < -0.3 is 5.32 Å². The van der Waals surface area contributed by atoms with Gasteiger partial charge in [0.15, 0.2) is 5.65 Å². The Bertz CT molecular complexity index is 1360. The molecule has 0 fully saturated rings. The van der Waals surface area contributed by atoms with Gasteiger partial charge in [0.05, 0.1) is 11.1 Å². The number of hydrogen-bond donors (Lipinski definition) is 1. The van der Waals surface area contributed by atoms with E-state index in [0.29, 0.717) is 15.8 Å². The Balaban J connectivity index is 1.75. The molecule has 6 nitrogen and oxygen atoms in total. The topological polar surface area (TPSA) is 76.9 Å². The molecule has 0 radical (unpaired) electrons. The average Bonchev–Trinajstić information content (AvgIpc) is 3.32. The first-order chi connectivity index (χ1) is 13.9. The van der Waals surface area contributed by atoms with Crippen LogP contribution in [0.2, 0.25) is 0 Å². The molecule has 2 aromatic carbocycles. The van der Waals surface area contributed by atoms with Crippen LogP contribution >= 0.6 is 15.9 Å². The van der Waals surface area contributed by atoms with Crippen LogP contribution < -0.4 is 5.32 Å². The van der Waals surface area contributed by atoms with Crippen molar-refractivity contribution >= 4 is 42.8 Å². The van der Waals surface area contributed by atoms with E-state index in [2.05, 4.69) is 37.3 Å². The van der Waals surface area contributed by atoms with Gasteiger partial charge in [-0.25, -0.2) is 22.4 Å². The van der Waals surface area contributed by atoms with Crippen molar-refractivity contribution in [3.05, 3.63) is 70.6 Å². The smallest absolute Gasteiger partial charge is 0.269 e. The van der Waals surface area contributed by atoms with Crippen molar-refractivity contribution in [3.63, 3.8) is 0 Å². The summed E-state index contributed by atoms with van der Waals surface area (Å²) in [7, 11) is -3.81. The van der Waals surface area contributed by atoms with Crippen LogP contribution in [0.15, 0.2) is 64.4 Å². The zero-order valence-electron chi connectivity index (χ0n) is 15.6. The molecule has 146 valence electrons. The van der Waals surface area contributed by atoms with Gasteiger partial charge in [0.2, 0.25) is 0 Å². The molecule has 1 aliphatic rings. The maximum atomic E-state index is 13.3. The number of rotatable bonds is 3. The van der Waals surface area contributed by atoms with Crippen molar-refractivity contribution in [1.82, 2.24) is 13.9 Å². The number of aromatic nitrogens is 3. The summed E-state index contributed by atoms with van der Waals surface area (Å²) in [5, 5.41) is 3.34. The molecule has 0 spiro atoms. The fourth-order valence-electron chi connectivity index (χ4n) is 3.63. The Morgan fingerprint density at radius 2 is 1.93 bits per heavy atom. The monoisotopic (exact) mass is 468 g/mol. The highest BCUT2D eigenvalue weighted by molar-refractivity contribution is 9.10. The predicted octanol–water partition coefficient (Wildman–Crippen LogP) is 4.37. The number of nitrogens with one attached hydrogen (secondary N) is 1. The van der Waals surface area contributed by atoms with Crippen LogP contribution in [0.3, 0.4) is 0 Å². The number of nitrogens with zero attached hydrogens (tertiary/aromatic N) is 3. The summed E-state index contributed by atoms with van der Waals surface area (Å²) < 4.78 is 28.5. The van der Waals surface area contributed by atoms with Crippen molar-refractivity contribution < 1.29 is 8.42 Å². The van der Waals surface area contributed by atoms with E-state index in [-0.39, 0.29) is 4.90 Å². The molecule has 5 rings (SSSR count). The molecule has 8 heteroatoms. The van der Waals surface area contributed by atoms with Gasteiger partial charge in [-0.2, -0.15) is 0 Å². The standard InChI is InChI=1S/C21H17BrN4O2S/c1-13-2-5-16(6-3-13)29(27,28)26-12-17(20-21(26)24-11-19(22)25-20)14-4-7-18-15(10-14)8-9-23-18/h2-7,10-12,23H,8-9H2,1H3. The van der Waals surface area contributed by atoms with Crippen molar-refractivity contribution in [2.75, 3.05) is 11.9 Å². The van der Waals surface area contributed by atoms with Gasteiger partial charge in [0.25, 0.3) is 10.0 Å². The minimum absolute atomic E-state index is 0.217. The Labute approximate surface area is 176 Å². The lowest BCUT2D eigenvalue weighted by atomic mass is 10.0. The van der Waals surface area contributed by atoms with Gasteiger partial charge in [0, 0.05) is 24.0 Å². The van der Waals surface area contributed by atoms with Crippen LogP contribution in [0.5, 0.6) is 0 Å². The van der Waals surface area contributed by atoms with Crippen LogP contribution in [0, 0.1) is 6.92 Å². The van der Waals surface area contributed by atoms with E-state index >= 15 is 0 Å². The Morgan fingerprint density at radius 3 is 2.72 bits per heavy atom. The Hall–Kier alpha value is -2.71. The molecule has 0 aliphatic carbocycles. The second kappa shape index (κ2) is 6.67. The number of fused-ring (bicyclic) bond motifs is 2. The minimum Gasteiger partial charge on any atom is -0.384 e. The molecule has 3 heterocycles. The van der Waals surface area contributed by atoms with Gasteiger partial charge in [-0.15, -0.1) is 0 Å². The zero-order chi connectivity index (χ0) is 20.2. The lowest BCUT2D eigenvalue weighted by Gasteiger charge is -2.07. The van der Waals surface area contributed by atoms with Crippen molar-refractivity contribution in [2.24, 2.45) is 0 Å². The first kappa shape index (κ1) is 18.3. The van der Waals surface area contributed by atoms with Crippen molar-refractivity contribution in [2.45, 2.75) is 18.2 Å². The third-order valence-corrected chi connectivity index (χ3v) is 7.18. The molecule has 1 N–H and O–H groups in total. The van der Waals surface area contributed by atoms with Crippen LogP contribution in [-0.4, -0.2) is 28.9 Å². The molecule has 0 saturated heterocycles. The maximum Gasteiger partial charge on any atom is 0.269 e. The van der Waals surface area contributed by atoms with Crippen LogP contribution in [0.1, 0.15) is 11.1 Å². The summed E-state index contributed by atoms with van der Waals surface area (Å²) in [4.78, 5) is 9.13. The fourth-order valence-corrected chi connectivity index (χ4v) is 5.23. The van der Waals surface area contributed by atoms with E-state index in [9.17, 15) is 8.42 Å². The molecule has 4 aromatic rings. The molecule has 2 aromatic heterocycles. The van der Waals surface area contributed by atoms with Crippen molar-refractivity contribution in [3.8, 4) is 11.1 Å². The minimum atomic E-state index is -3.81. The quantitative estimate of drug-likeness (QED) is 0.482. The van der Waals surface area contributed by atoms with Crippen LogP contribution in [0.25, 0.3) is 22.3 Å². The van der Waals surface area contributed by atoms with E-state index in [1.807, 2.05) is 19.1 Å². The highest BCUT2D eigenvalue weighted by Crippen LogP contribution is 2.34. The third kappa shape index (κ3) is 3.03. The average molecular weight is 469 g/mol. The molecule has 0 bridgehead atoms. The summed E-state index contributed by atoms with van der Waals surface area (Å²) in [5.74, 6) is 0. The summed E-state index contributed by atoms with van der Waals surface area (Å²) in [6.07, 6.45) is 4.08. The normalized spacial score (nSPS) is 13.4. The molecule has 0 atom stereocenters. The van der Waals surface area contributed by atoms with Gasteiger partial charge in [0.1, 0.15) is 10.1 Å². The van der Waals surface area contributed by atoms with Gasteiger partial charge in [-0.1, -0.05) is 23.8 Å². The van der Waals surface area contributed by atoms with E-state index in [1.54, 1.807) is 30.5 Å². The molecule has 0 unspecified atom stereocenters. The molecule has 0 amide bonds. The number of anilines is 1. The number of benzene rings is 2. The molecule has 1 aliphatic heterocycles. The van der Waals surface area contributed by atoms with Crippen LogP contribution in [0.4, 0.5) is 5.69 Å². The van der Waals surface area contributed by atoms with E-state index in [4.69, 9.17) is 0 Å². The van der Waals surface area contributed by atoms with Gasteiger partial charge in [-0.3, -0.25) is 0 Å². The largest absolute Gasteiger partial charge is 0.384 e. The summed E-state index contributed by atoms with van der Waals surface area (Å²) in [5.41, 5.74) is 5.84. The summed E-state index contributed by atoms with van der Waals surface area (Å²) in [6, 6.07) is 12.9.